The number of anilines is 1. The van der Waals surface area contributed by atoms with E-state index < -0.39 is 0 Å². The van der Waals surface area contributed by atoms with Crippen molar-refractivity contribution in [3.05, 3.63) is 11.1 Å². The molecule has 0 fully saturated rings. The number of carbonyl (C=O) groups is 2. The maximum absolute atomic E-state index is 11.0. The third kappa shape index (κ3) is 3.85. The van der Waals surface area contributed by atoms with E-state index in [0.717, 1.165) is 0 Å². The molecule has 1 aromatic heterocycles. The largest absolute Gasteiger partial charge is 0.469 e. The molecule has 0 atom stereocenters. The number of carbonyl (C=O) groups excluding carboxylic acids is 2. The first-order valence-corrected chi connectivity index (χ1v) is 5.35. The van der Waals surface area contributed by atoms with Gasteiger partial charge in [0.05, 0.1) is 26.3 Å². The van der Waals surface area contributed by atoms with E-state index >= 15 is 0 Å². The minimum atomic E-state index is -0.371. The topological polar surface area (TPSA) is 77.5 Å². The number of esters is 2. The molecule has 0 bridgehead atoms. The molecule has 0 radical (unpaired) electrons. The Labute approximate surface area is 96.6 Å². The van der Waals surface area contributed by atoms with E-state index in [1.807, 2.05) is 0 Å². The van der Waals surface area contributed by atoms with E-state index in [2.05, 4.69) is 19.8 Å². The Morgan fingerprint density at radius 3 is 2.69 bits per heavy atom. The van der Waals surface area contributed by atoms with Crippen LogP contribution in [0, 0.1) is 0 Å². The van der Waals surface area contributed by atoms with Crippen LogP contribution in [-0.4, -0.2) is 37.7 Å². The number of hydrogen-bond donors (Lipinski definition) is 1. The van der Waals surface area contributed by atoms with E-state index in [4.69, 9.17) is 0 Å². The third-order valence-corrected chi connectivity index (χ3v) is 2.57. The molecule has 0 aliphatic rings. The van der Waals surface area contributed by atoms with Gasteiger partial charge in [-0.05, 0) is 0 Å². The minimum Gasteiger partial charge on any atom is -0.469 e. The zero-order valence-corrected chi connectivity index (χ0v) is 9.80. The molecule has 0 aliphatic heterocycles. The molecule has 16 heavy (non-hydrogen) atoms. The summed E-state index contributed by atoms with van der Waals surface area (Å²) < 4.78 is 8.97. The molecule has 88 valence electrons. The predicted molar refractivity (Wildman–Crippen MR) is 58.3 cm³/mol. The van der Waals surface area contributed by atoms with Gasteiger partial charge in [0.25, 0.3) is 0 Å². The van der Waals surface area contributed by atoms with Crippen molar-refractivity contribution < 1.29 is 19.1 Å². The van der Waals surface area contributed by atoms with Crippen molar-refractivity contribution in [3.8, 4) is 0 Å². The van der Waals surface area contributed by atoms with Crippen LogP contribution in [0.5, 0.6) is 0 Å². The molecule has 0 amide bonds. The Balaban J connectivity index is 2.45. The van der Waals surface area contributed by atoms with Crippen molar-refractivity contribution in [3.63, 3.8) is 0 Å². The van der Waals surface area contributed by atoms with Crippen molar-refractivity contribution in [2.75, 3.05) is 26.1 Å². The first-order valence-electron chi connectivity index (χ1n) is 4.47. The van der Waals surface area contributed by atoms with Gasteiger partial charge in [0.2, 0.25) is 0 Å². The summed E-state index contributed by atoms with van der Waals surface area (Å²) in [5.41, 5.74) is 0.615. The highest BCUT2D eigenvalue weighted by atomic mass is 32.1. The van der Waals surface area contributed by atoms with E-state index in [-0.39, 0.29) is 24.9 Å². The van der Waals surface area contributed by atoms with Crippen molar-refractivity contribution in [1.82, 2.24) is 4.98 Å². The fourth-order valence-corrected chi connectivity index (χ4v) is 1.62. The van der Waals surface area contributed by atoms with Gasteiger partial charge in [0, 0.05) is 5.38 Å². The van der Waals surface area contributed by atoms with E-state index in [1.54, 1.807) is 5.38 Å². The molecule has 0 aliphatic carbocycles. The maximum atomic E-state index is 11.0. The average molecular weight is 244 g/mol. The number of aromatic nitrogens is 1. The lowest BCUT2D eigenvalue weighted by atomic mass is 10.3. The molecular weight excluding hydrogens is 232 g/mol. The maximum Gasteiger partial charge on any atom is 0.325 e. The van der Waals surface area contributed by atoms with Crippen LogP contribution in [0.25, 0.3) is 0 Å². The molecule has 0 aromatic carbocycles. The van der Waals surface area contributed by atoms with Gasteiger partial charge in [0.1, 0.15) is 6.54 Å². The van der Waals surface area contributed by atoms with Crippen LogP contribution >= 0.6 is 11.3 Å². The summed E-state index contributed by atoms with van der Waals surface area (Å²) in [5.74, 6) is -0.713. The number of nitrogens with one attached hydrogen (secondary N) is 1. The molecule has 0 saturated carbocycles. The SMILES string of the molecule is COC(=O)CNc1nc(CC(=O)OC)cs1. The number of methoxy groups -OCH3 is 2. The van der Waals surface area contributed by atoms with Crippen molar-refractivity contribution in [1.29, 1.82) is 0 Å². The van der Waals surface area contributed by atoms with Crippen LogP contribution in [0.4, 0.5) is 5.13 Å². The van der Waals surface area contributed by atoms with Gasteiger partial charge in [-0.1, -0.05) is 0 Å². The molecule has 1 heterocycles. The van der Waals surface area contributed by atoms with Gasteiger partial charge in [-0.15, -0.1) is 11.3 Å². The summed E-state index contributed by atoms with van der Waals surface area (Å²) in [4.78, 5) is 25.9. The van der Waals surface area contributed by atoms with Crippen LogP contribution in [0.3, 0.4) is 0 Å². The smallest absolute Gasteiger partial charge is 0.325 e. The summed E-state index contributed by atoms with van der Waals surface area (Å²) in [5, 5.41) is 5.09. The van der Waals surface area contributed by atoms with Crippen molar-refractivity contribution in [2.45, 2.75) is 6.42 Å². The van der Waals surface area contributed by atoms with Gasteiger partial charge in [0.15, 0.2) is 5.13 Å². The van der Waals surface area contributed by atoms with Crippen LogP contribution in [0.1, 0.15) is 5.69 Å². The molecule has 1 N–H and O–H groups in total. The van der Waals surface area contributed by atoms with Crippen LogP contribution in [0.15, 0.2) is 5.38 Å². The van der Waals surface area contributed by atoms with Crippen LogP contribution in [0.2, 0.25) is 0 Å². The highest BCUT2D eigenvalue weighted by Crippen LogP contribution is 2.15. The number of rotatable bonds is 5. The van der Waals surface area contributed by atoms with Gasteiger partial charge < -0.3 is 14.8 Å². The van der Waals surface area contributed by atoms with Gasteiger partial charge in [-0.3, -0.25) is 9.59 Å². The quantitative estimate of drug-likeness (QED) is 0.757. The van der Waals surface area contributed by atoms with E-state index in [1.165, 1.54) is 25.6 Å². The predicted octanol–water partition coefficient (Wildman–Crippen LogP) is 0.443. The second-order valence-electron chi connectivity index (χ2n) is 2.83. The Hall–Kier alpha value is -1.63. The molecule has 7 heteroatoms. The first-order chi connectivity index (χ1) is 7.65. The number of thiazole rings is 1. The number of ether oxygens (including phenoxy) is 2. The van der Waals surface area contributed by atoms with E-state index in [9.17, 15) is 9.59 Å². The molecule has 6 nitrogen and oxygen atoms in total. The zero-order valence-electron chi connectivity index (χ0n) is 8.98. The standard InChI is InChI=1S/C9H12N2O4S/c1-14-7(12)3-6-5-16-9(11-6)10-4-8(13)15-2/h5H,3-4H2,1-2H3,(H,10,11). The average Bonchev–Trinajstić information content (AvgIpc) is 2.73. The van der Waals surface area contributed by atoms with Gasteiger partial charge in [-0.2, -0.15) is 0 Å². The molecule has 0 saturated heterocycles. The second kappa shape index (κ2) is 6.06. The highest BCUT2D eigenvalue weighted by molar-refractivity contribution is 7.13. The normalized spacial score (nSPS) is 9.62. The molecular formula is C9H12N2O4S. The van der Waals surface area contributed by atoms with Crippen molar-refractivity contribution in [2.24, 2.45) is 0 Å². The van der Waals surface area contributed by atoms with Gasteiger partial charge >= 0.3 is 11.9 Å². The first kappa shape index (κ1) is 12.4. The third-order valence-electron chi connectivity index (χ3n) is 1.72. The Bertz CT molecular complexity index is 377. The molecule has 1 rings (SSSR count). The number of nitrogens with zero attached hydrogens (tertiary/aromatic N) is 1. The second-order valence-corrected chi connectivity index (χ2v) is 3.68. The lowest BCUT2D eigenvalue weighted by molar-refractivity contribution is -0.140. The molecule has 1 aromatic rings. The Morgan fingerprint density at radius 1 is 1.38 bits per heavy atom. The van der Waals surface area contributed by atoms with Gasteiger partial charge in [-0.25, -0.2) is 4.98 Å². The summed E-state index contributed by atoms with van der Waals surface area (Å²) in [6.07, 6.45) is 0.132. The molecule has 0 spiro atoms. The Kier molecular flexibility index (Phi) is 4.71. The summed E-state index contributed by atoms with van der Waals surface area (Å²) >= 11 is 1.32. The fourth-order valence-electron chi connectivity index (χ4n) is 0.909. The summed E-state index contributed by atoms with van der Waals surface area (Å²) in [7, 11) is 2.64. The lowest BCUT2D eigenvalue weighted by Gasteiger charge is -1.99. The monoisotopic (exact) mass is 244 g/mol. The lowest BCUT2D eigenvalue weighted by Crippen LogP contribution is -2.14. The zero-order chi connectivity index (χ0) is 12.0. The Morgan fingerprint density at radius 2 is 2.06 bits per heavy atom. The summed E-state index contributed by atoms with van der Waals surface area (Å²) in [6, 6.07) is 0. The molecule has 0 unspecified atom stereocenters. The minimum absolute atomic E-state index is 0.0572. The van der Waals surface area contributed by atoms with Crippen LogP contribution < -0.4 is 5.32 Å². The fraction of sp³-hybridized carbons (Fsp3) is 0.444. The van der Waals surface area contributed by atoms with Crippen LogP contribution in [-0.2, 0) is 25.5 Å². The van der Waals surface area contributed by atoms with Crippen molar-refractivity contribution >= 4 is 28.4 Å². The van der Waals surface area contributed by atoms with E-state index in [0.29, 0.717) is 10.8 Å². The summed E-state index contributed by atoms with van der Waals surface area (Å²) in [6.45, 7) is 0.0572. The number of hydrogen-bond acceptors (Lipinski definition) is 7. The highest BCUT2D eigenvalue weighted by Gasteiger charge is 2.08.